The number of hydrogen-bond acceptors (Lipinski definition) is 4. The third-order valence-electron chi connectivity index (χ3n) is 6.45. The van der Waals surface area contributed by atoms with Gasteiger partial charge in [-0.2, -0.15) is 13.2 Å². The van der Waals surface area contributed by atoms with E-state index in [1.54, 1.807) is 38.1 Å². The number of alkyl halides is 3. The number of carbonyl (C=O) groups excluding carboxylic acids is 2. The lowest BCUT2D eigenvalue weighted by atomic mass is 10.1. The molecule has 7 nitrogen and oxygen atoms in total. The van der Waals surface area contributed by atoms with Crippen molar-refractivity contribution in [1.82, 2.24) is 5.32 Å². The van der Waals surface area contributed by atoms with Crippen LogP contribution >= 0.6 is 0 Å². The van der Waals surface area contributed by atoms with Crippen LogP contribution in [0.2, 0.25) is 0 Å². The van der Waals surface area contributed by atoms with Gasteiger partial charge in [0, 0.05) is 0 Å². The summed E-state index contributed by atoms with van der Waals surface area (Å²) in [4.78, 5) is 26.2. The first-order valence-electron chi connectivity index (χ1n) is 12.9. The number of nitrogens with one attached hydrogen (secondary N) is 2. The van der Waals surface area contributed by atoms with Gasteiger partial charge in [-0.1, -0.05) is 66.2 Å². The van der Waals surface area contributed by atoms with Crippen molar-refractivity contribution < 1.29 is 31.2 Å². The fourth-order valence-electron chi connectivity index (χ4n) is 4.20. The van der Waals surface area contributed by atoms with Crippen LogP contribution < -0.4 is 14.9 Å². The maximum Gasteiger partial charge on any atom is 0.416 e. The lowest BCUT2D eigenvalue weighted by Crippen LogP contribution is -2.38. The van der Waals surface area contributed by atoms with Gasteiger partial charge in [0.2, 0.25) is 5.91 Å². The highest BCUT2D eigenvalue weighted by atomic mass is 32.2. The van der Waals surface area contributed by atoms with E-state index in [4.69, 9.17) is 0 Å². The lowest BCUT2D eigenvalue weighted by molar-refractivity contribution is -0.137. The van der Waals surface area contributed by atoms with Crippen molar-refractivity contribution in [3.63, 3.8) is 0 Å². The number of anilines is 2. The van der Waals surface area contributed by atoms with Gasteiger partial charge in [0.15, 0.2) is 0 Å². The Morgan fingerprint density at radius 3 is 2.17 bits per heavy atom. The summed E-state index contributed by atoms with van der Waals surface area (Å²) in [6.07, 6.45) is -4.74. The maximum absolute atomic E-state index is 13.6. The number of hydrogen-bond donors (Lipinski definition) is 2. The van der Waals surface area contributed by atoms with Crippen molar-refractivity contribution in [3.05, 3.63) is 125 Å². The van der Waals surface area contributed by atoms with Crippen LogP contribution in [0, 0.1) is 6.92 Å². The number of sulfonamides is 1. The molecule has 0 fully saturated rings. The topological polar surface area (TPSA) is 95.6 Å². The Balaban J connectivity index is 1.63. The third-order valence-corrected chi connectivity index (χ3v) is 8.24. The van der Waals surface area contributed by atoms with E-state index in [1.165, 1.54) is 30.3 Å². The van der Waals surface area contributed by atoms with Gasteiger partial charge < -0.3 is 10.6 Å². The Labute approximate surface area is 242 Å². The molecule has 4 aromatic carbocycles. The molecule has 0 unspecified atom stereocenters. The van der Waals surface area contributed by atoms with Crippen LogP contribution in [-0.4, -0.2) is 26.8 Å². The van der Waals surface area contributed by atoms with E-state index in [-0.39, 0.29) is 27.9 Å². The minimum Gasteiger partial charge on any atom is -0.345 e. The summed E-state index contributed by atoms with van der Waals surface area (Å²) in [5.41, 5.74) is 0.458. The fraction of sp³-hybridized carbons (Fsp3) is 0.161. The van der Waals surface area contributed by atoms with E-state index < -0.39 is 40.1 Å². The Bertz CT molecular complexity index is 1680. The Morgan fingerprint density at radius 1 is 0.857 bits per heavy atom. The number of nitrogens with zero attached hydrogens (tertiary/aromatic N) is 1. The summed E-state index contributed by atoms with van der Waals surface area (Å²) in [5.74, 6) is -1.34. The first kappa shape index (κ1) is 30.3. The Kier molecular flexibility index (Phi) is 9.01. The summed E-state index contributed by atoms with van der Waals surface area (Å²) in [6, 6.07) is 24.5. The van der Waals surface area contributed by atoms with Crippen LogP contribution in [0.15, 0.2) is 108 Å². The molecule has 0 aromatic heterocycles. The molecule has 0 saturated heterocycles. The van der Waals surface area contributed by atoms with Crippen LogP contribution in [0.4, 0.5) is 24.5 Å². The number of aryl methyl sites for hydroxylation is 1. The van der Waals surface area contributed by atoms with Gasteiger partial charge in [0.25, 0.3) is 15.9 Å². The molecule has 0 aliphatic heterocycles. The summed E-state index contributed by atoms with van der Waals surface area (Å²) in [6.45, 7) is 2.70. The van der Waals surface area contributed by atoms with E-state index in [0.717, 1.165) is 23.3 Å². The van der Waals surface area contributed by atoms with Crippen LogP contribution in [0.25, 0.3) is 0 Å². The van der Waals surface area contributed by atoms with Gasteiger partial charge in [-0.15, -0.1) is 0 Å². The summed E-state index contributed by atoms with van der Waals surface area (Å²) in [5, 5.41) is 5.41. The number of benzene rings is 4. The Hall–Kier alpha value is -4.64. The number of para-hydroxylation sites is 1. The predicted octanol–water partition coefficient (Wildman–Crippen LogP) is 6.34. The molecule has 0 saturated carbocycles. The molecule has 1 atom stereocenters. The SMILES string of the molecule is Cc1ccc(S(=O)(=O)N(CC(=O)Nc2ccccc2C(=O)N[C@@H](C)c2ccccc2)c2cccc(C(F)(F)F)c2)cc1. The highest BCUT2D eigenvalue weighted by Crippen LogP contribution is 2.33. The van der Waals surface area contributed by atoms with E-state index >= 15 is 0 Å². The van der Waals surface area contributed by atoms with E-state index in [0.29, 0.717) is 10.4 Å². The summed E-state index contributed by atoms with van der Waals surface area (Å²) < 4.78 is 68.3. The number of halogens is 3. The second-order valence-corrected chi connectivity index (χ2v) is 11.4. The molecule has 0 aliphatic rings. The van der Waals surface area contributed by atoms with Gasteiger partial charge in [0.1, 0.15) is 6.54 Å². The zero-order valence-electron chi connectivity index (χ0n) is 22.7. The van der Waals surface area contributed by atoms with Crippen molar-refractivity contribution in [2.24, 2.45) is 0 Å². The van der Waals surface area contributed by atoms with Crippen molar-refractivity contribution in [1.29, 1.82) is 0 Å². The molecule has 2 N–H and O–H groups in total. The molecule has 4 aromatic rings. The largest absolute Gasteiger partial charge is 0.416 e. The molecule has 0 bridgehead atoms. The zero-order chi connectivity index (χ0) is 30.5. The molecule has 42 heavy (non-hydrogen) atoms. The predicted molar refractivity (Wildman–Crippen MR) is 155 cm³/mol. The minimum atomic E-state index is -4.74. The van der Waals surface area contributed by atoms with Gasteiger partial charge in [0.05, 0.1) is 33.4 Å². The maximum atomic E-state index is 13.6. The first-order valence-corrected chi connectivity index (χ1v) is 14.3. The quantitative estimate of drug-likeness (QED) is 0.236. The average molecular weight is 596 g/mol. The highest BCUT2D eigenvalue weighted by Gasteiger charge is 2.33. The van der Waals surface area contributed by atoms with Gasteiger partial charge >= 0.3 is 6.18 Å². The highest BCUT2D eigenvalue weighted by molar-refractivity contribution is 7.92. The summed E-state index contributed by atoms with van der Waals surface area (Å²) >= 11 is 0. The molecule has 218 valence electrons. The zero-order valence-corrected chi connectivity index (χ0v) is 23.5. The van der Waals surface area contributed by atoms with E-state index in [9.17, 15) is 31.2 Å². The average Bonchev–Trinajstić information content (AvgIpc) is 2.96. The molecule has 0 heterocycles. The van der Waals surface area contributed by atoms with Crippen LogP contribution in [0.1, 0.15) is 40.0 Å². The molecule has 2 amide bonds. The number of rotatable bonds is 9. The minimum absolute atomic E-state index is 0.108. The van der Waals surface area contributed by atoms with Crippen molar-refractivity contribution in [3.8, 4) is 0 Å². The number of amides is 2. The molecular formula is C31H28F3N3O4S. The fourth-order valence-corrected chi connectivity index (χ4v) is 5.61. The molecular weight excluding hydrogens is 567 g/mol. The van der Waals surface area contributed by atoms with Gasteiger partial charge in [-0.05, 0) is 61.9 Å². The molecule has 0 spiro atoms. The second kappa shape index (κ2) is 12.5. The smallest absolute Gasteiger partial charge is 0.345 e. The normalized spacial score (nSPS) is 12.3. The molecule has 0 aliphatic carbocycles. The third kappa shape index (κ3) is 7.16. The second-order valence-electron chi connectivity index (χ2n) is 9.57. The van der Waals surface area contributed by atoms with Crippen molar-refractivity contribution >= 4 is 33.2 Å². The van der Waals surface area contributed by atoms with Gasteiger partial charge in [-0.3, -0.25) is 13.9 Å². The van der Waals surface area contributed by atoms with Crippen molar-refractivity contribution in [2.45, 2.75) is 31.0 Å². The van der Waals surface area contributed by atoms with Gasteiger partial charge in [-0.25, -0.2) is 8.42 Å². The van der Waals surface area contributed by atoms with Crippen LogP contribution in [0.5, 0.6) is 0 Å². The van der Waals surface area contributed by atoms with E-state index in [1.807, 2.05) is 30.3 Å². The lowest BCUT2D eigenvalue weighted by Gasteiger charge is -2.25. The Morgan fingerprint density at radius 2 is 1.50 bits per heavy atom. The van der Waals surface area contributed by atoms with Crippen molar-refractivity contribution in [2.75, 3.05) is 16.2 Å². The number of carbonyl (C=O) groups is 2. The summed E-state index contributed by atoms with van der Waals surface area (Å²) in [7, 11) is -4.47. The first-order chi connectivity index (χ1) is 19.9. The molecule has 11 heteroatoms. The monoisotopic (exact) mass is 595 g/mol. The van der Waals surface area contributed by atoms with Crippen LogP contribution in [-0.2, 0) is 21.0 Å². The van der Waals surface area contributed by atoms with Crippen LogP contribution in [0.3, 0.4) is 0 Å². The molecule has 0 radical (unpaired) electrons. The van der Waals surface area contributed by atoms with E-state index in [2.05, 4.69) is 10.6 Å². The molecule has 4 rings (SSSR count). The standard InChI is InChI=1S/C31H28F3N3O4S/c1-21-15-17-26(18-16-21)42(40,41)37(25-12-8-11-24(19-25)31(32,33)34)20-29(38)36-28-14-7-6-13-27(28)30(39)35-22(2)23-9-4-3-5-10-23/h3-19,22H,20H2,1-2H3,(H,35,39)(H,36,38)/t22-/m0/s1.